The molecule has 0 unspecified atom stereocenters. The third-order valence-electron chi connectivity index (χ3n) is 3.52. The number of carbonyl (C=O) groups excluding carboxylic acids is 1. The van der Waals surface area contributed by atoms with Crippen molar-refractivity contribution in [1.82, 2.24) is 4.90 Å². The van der Waals surface area contributed by atoms with Crippen molar-refractivity contribution in [2.75, 3.05) is 0 Å². The van der Waals surface area contributed by atoms with Gasteiger partial charge < -0.3 is 13.7 Å². The Morgan fingerprint density at radius 3 is 2.00 bits per heavy atom. The van der Waals surface area contributed by atoms with Crippen LogP contribution in [0.15, 0.2) is 69.9 Å². The summed E-state index contributed by atoms with van der Waals surface area (Å²) in [6, 6.07) is 14.9. The van der Waals surface area contributed by atoms with Gasteiger partial charge in [-0.15, -0.1) is 0 Å². The largest absolute Gasteiger partial charge is 0.467 e. The summed E-state index contributed by atoms with van der Waals surface area (Å²) in [5, 5.41) is 0. The van der Waals surface area contributed by atoms with Crippen molar-refractivity contribution in [2.24, 2.45) is 0 Å². The summed E-state index contributed by atoms with van der Waals surface area (Å²) < 4.78 is 10.7. The zero-order valence-electron chi connectivity index (χ0n) is 12.4. The molecule has 3 aromatic rings. The van der Waals surface area contributed by atoms with Gasteiger partial charge in [0.1, 0.15) is 11.5 Å². The molecule has 2 heterocycles. The molecular formula is C18H17NO3. The lowest BCUT2D eigenvalue weighted by molar-refractivity contribution is 0.0704. The topological polar surface area (TPSA) is 46.6 Å². The lowest BCUT2D eigenvalue weighted by Crippen LogP contribution is -2.30. The summed E-state index contributed by atoms with van der Waals surface area (Å²) >= 11 is 0. The summed E-state index contributed by atoms with van der Waals surface area (Å²) in [6.07, 6.45) is 3.22. The average Bonchev–Trinajstić information content (AvgIpc) is 3.20. The maximum absolute atomic E-state index is 12.9. The van der Waals surface area contributed by atoms with Crippen molar-refractivity contribution >= 4 is 5.91 Å². The van der Waals surface area contributed by atoms with E-state index in [9.17, 15) is 4.79 Å². The first-order chi connectivity index (χ1) is 10.7. The Morgan fingerprint density at radius 2 is 1.50 bits per heavy atom. The van der Waals surface area contributed by atoms with Crippen LogP contribution in [-0.2, 0) is 13.1 Å². The van der Waals surface area contributed by atoms with Crippen molar-refractivity contribution in [3.8, 4) is 0 Å². The highest BCUT2D eigenvalue weighted by Gasteiger charge is 2.20. The van der Waals surface area contributed by atoms with Gasteiger partial charge in [0, 0.05) is 5.56 Å². The molecule has 0 N–H and O–H groups in total. The normalized spacial score (nSPS) is 10.6. The fourth-order valence-electron chi connectivity index (χ4n) is 2.36. The first kappa shape index (κ1) is 14.2. The number of benzene rings is 1. The molecule has 0 aliphatic heterocycles. The van der Waals surface area contributed by atoms with Crippen LogP contribution in [0.25, 0.3) is 0 Å². The van der Waals surface area contributed by atoms with Crippen LogP contribution in [0.4, 0.5) is 0 Å². The van der Waals surface area contributed by atoms with Crippen molar-refractivity contribution in [3.63, 3.8) is 0 Å². The van der Waals surface area contributed by atoms with Crippen LogP contribution in [0.1, 0.15) is 27.4 Å². The molecule has 0 atom stereocenters. The molecule has 0 spiro atoms. The van der Waals surface area contributed by atoms with Crippen LogP contribution < -0.4 is 0 Å². The highest BCUT2D eigenvalue weighted by Crippen LogP contribution is 2.17. The summed E-state index contributed by atoms with van der Waals surface area (Å²) in [4.78, 5) is 14.6. The van der Waals surface area contributed by atoms with Crippen LogP contribution in [0.5, 0.6) is 0 Å². The Hall–Kier alpha value is -2.75. The molecule has 3 rings (SSSR count). The second-order valence-corrected chi connectivity index (χ2v) is 5.13. The Balaban J connectivity index is 1.87. The zero-order chi connectivity index (χ0) is 15.4. The van der Waals surface area contributed by atoms with Crippen LogP contribution in [0.3, 0.4) is 0 Å². The SMILES string of the molecule is Cc1ccccc1C(=O)N(Cc1ccco1)Cc1ccco1. The first-order valence-corrected chi connectivity index (χ1v) is 7.13. The molecule has 1 amide bonds. The van der Waals surface area contributed by atoms with E-state index in [1.165, 1.54) is 0 Å². The molecule has 0 fully saturated rings. The molecule has 1 aromatic carbocycles. The average molecular weight is 295 g/mol. The molecule has 22 heavy (non-hydrogen) atoms. The van der Waals surface area contributed by atoms with Crippen molar-refractivity contribution in [3.05, 3.63) is 83.7 Å². The fourth-order valence-corrected chi connectivity index (χ4v) is 2.36. The molecular weight excluding hydrogens is 278 g/mol. The number of rotatable bonds is 5. The van der Waals surface area contributed by atoms with Crippen molar-refractivity contribution in [1.29, 1.82) is 0 Å². The molecule has 0 saturated heterocycles. The van der Waals surface area contributed by atoms with Gasteiger partial charge in [-0.25, -0.2) is 0 Å². The summed E-state index contributed by atoms with van der Waals surface area (Å²) in [5.41, 5.74) is 1.65. The second kappa shape index (κ2) is 6.35. The highest BCUT2D eigenvalue weighted by atomic mass is 16.3. The molecule has 0 aliphatic carbocycles. The Labute approximate surface area is 129 Å². The van der Waals surface area contributed by atoms with E-state index < -0.39 is 0 Å². The van der Waals surface area contributed by atoms with Gasteiger partial charge in [0.15, 0.2) is 0 Å². The zero-order valence-corrected chi connectivity index (χ0v) is 12.4. The van der Waals surface area contributed by atoms with Crippen LogP contribution in [0.2, 0.25) is 0 Å². The number of nitrogens with zero attached hydrogens (tertiary/aromatic N) is 1. The van der Waals surface area contributed by atoms with Crippen LogP contribution in [0, 0.1) is 6.92 Å². The van der Waals surface area contributed by atoms with E-state index in [0.717, 1.165) is 17.1 Å². The monoisotopic (exact) mass is 295 g/mol. The molecule has 0 saturated carbocycles. The lowest BCUT2D eigenvalue weighted by Gasteiger charge is -2.21. The van der Waals surface area contributed by atoms with Gasteiger partial charge in [-0.2, -0.15) is 0 Å². The minimum atomic E-state index is -0.0362. The van der Waals surface area contributed by atoms with E-state index in [1.54, 1.807) is 17.4 Å². The van der Waals surface area contributed by atoms with Crippen LogP contribution in [-0.4, -0.2) is 10.8 Å². The number of furan rings is 2. The summed E-state index contributed by atoms with van der Waals surface area (Å²) in [7, 11) is 0. The standard InChI is InChI=1S/C18H17NO3/c1-14-6-2-3-9-17(14)18(20)19(12-15-7-4-10-21-15)13-16-8-5-11-22-16/h2-11H,12-13H2,1H3. The number of hydrogen-bond acceptors (Lipinski definition) is 3. The van der Waals surface area contributed by atoms with E-state index in [2.05, 4.69) is 0 Å². The minimum absolute atomic E-state index is 0.0362. The molecule has 4 nitrogen and oxygen atoms in total. The Morgan fingerprint density at radius 1 is 0.909 bits per heavy atom. The van der Waals surface area contributed by atoms with Gasteiger partial charge in [0.05, 0.1) is 25.6 Å². The predicted octanol–water partition coefficient (Wildman–Crippen LogP) is 4.02. The quantitative estimate of drug-likeness (QED) is 0.714. The van der Waals surface area contributed by atoms with Gasteiger partial charge in [-0.05, 0) is 42.8 Å². The second-order valence-electron chi connectivity index (χ2n) is 5.13. The highest BCUT2D eigenvalue weighted by molar-refractivity contribution is 5.95. The Bertz CT molecular complexity index is 693. The predicted molar refractivity (Wildman–Crippen MR) is 82.2 cm³/mol. The van der Waals surface area contributed by atoms with Crippen LogP contribution >= 0.6 is 0 Å². The first-order valence-electron chi connectivity index (χ1n) is 7.13. The van der Waals surface area contributed by atoms with Gasteiger partial charge >= 0.3 is 0 Å². The fraction of sp³-hybridized carbons (Fsp3) is 0.167. The number of aryl methyl sites for hydroxylation is 1. The van der Waals surface area contributed by atoms with E-state index >= 15 is 0 Å². The molecule has 4 heteroatoms. The molecule has 112 valence electrons. The van der Waals surface area contributed by atoms with Gasteiger partial charge in [0.25, 0.3) is 5.91 Å². The molecule has 2 aromatic heterocycles. The number of carbonyl (C=O) groups is 1. The van der Waals surface area contributed by atoms with Crippen molar-refractivity contribution < 1.29 is 13.6 Å². The number of hydrogen-bond donors (Lipinski definition) is 0. The molecule has 0 radical (unpaired) electrons. The molecule has 0 aliphatic rings. The third-order valence-corrected chi connectivity index (χ3v) is 3.52. The minimum Gasteiger partial charge on any atom is -0.467 e. The van der Waals surface area contributed by atoms with Gasteiger partial charge in [-0.1, -0.05) is 18.2 Å². The lowest BCUT2D eigenvalue weighted by atomic mass is 10.1. The summed E-state index contributed by atoms with van der Waals surface area (Å²) in [5.74, 6) is 1.45. The third kappa shape index (κ3) is 3.11. The van der Waals surface area contributed by atoms with Crippen molar-refractivity contribution in [2.45, 2.75) is 20.0 Å². The maximum Gasteiger partial charge on any atom is 0.254 e. The summed E-state index contributed by atoms with van der Waals surface area (Å²) in [6.45, 7) is 2.74. The maximum atomic E-state index is 12.9. The Kier molecular flexibility index (Phi) is 4.10. The van der Waals surface area contributed by atoms with E-state index in [-0.39, 0.29) is 5.91 Å². The van der Waals surface area contributed by atoms with Gasteiger partial charge in [-0.3, -0.25) is 4.79 Å². The van der Waals surface area contributed by atoms with E-state index in [0.29, 0.717) is 18.7 Å². The van der Waals surface area contributed by atoms with E-state index in [1.807, 2.05) is 55.5 Å². The smallest absolute Gasteiger partial charge is 0.254 e. The van der Waals surface area contributed by atoms with Gasteiger partial charge in [0.2, 0.25) is 0 Å². The molecule has 0 bridgehead atoms. The van der Waals surface area contributed by atoms with E-state index in [4.69, 9.17) is 8.83 Å². The number of amides is 1.